The predicted octanol–water partition coefficient (Wildman–Crippen LogP) is 2.31. The van der Waals surface area contributed by atoms with Crippen LogP contribution in [-0.2, 0) is 11.3 Å². The first-order chi connectivity index (χ1) is 10.1. The molecule has 0 aromatic carbocycles. The van der Waals surface area contributed by atoms with Gasteiger partial charge in [0, 0.05) is 11.0 Å². The molecule has 5 nitrogen and oxygen atoms in total. The first-order valence-corrected chi connectivity index (χ1v) is 6.81. The van der Waals surface area contributed by atoms with Gasteiger partial charge in [-0.15, -0.1) is 11.3 Å². The van der Waals surface area contributed by atoms with Crippen molar-refractivity contribution in [2.24, 2.45) is 0 Å². The lowest BCUT2D eigenvalue weighted by molar-refractivity contribution is -0.131. The number of rotatable bonds is 5. The Morgan fingerprint density at radius 2 is 2.19 bits per heavy atom. The molecular formula is C14H11FN2O3S. The average Bonchev–Trinajstić information content (AvgIpc) is 2.90. The number of halogens is 1. The zero-order chi connectivity index (χ0) is 15.2. The van der Waals surface area contributed by atoms with Gasteiger partial charge >= 0.3 is 5.97 Å². The van der Waals surface area contributed by atoms with Crippen molar-refractivity contribution < 1.29 is 19.1 Å². The number of amides is 1. The maximum atomic E-state index is 12.7. The zero-order valence-corrected chi connectivity index (χ0v) is 11.6. The van der Waals surface area contributed by atoms with Crippen LogP contribution in [0.5, 0.6) is 0 Å². The van der Waals surface area contributed by atoms with Crippen LogP contribution in [0.25, 0.3) is 6.08 Å². The fourth-order valence-electron chi connectivity index (χ4n) is 1.56. The van der Waals surface area contributed by atoms with Gasteiger partial charge in [0.25, 0.3) is 5.91 Å². The van der Waals surface area contributed by atoms with Gasteiger partial charge in [0.1, 0.15) is 11.5 Å². The largest absolute Gasteiger partial charge is 0.478 e. The SMILES string of the molecule is O=C(O)/C=C/c1ccsc1CNC(=O)c1ccc(F)cn1. The third-order valence-corrected chi connectivity index (χ3v) is 3.49. The summed E-state index contributed by atoms with van der Waals surface area (Å²) in [5, 5.41) is 13.1. The fourth-order valence-corrected chi connectivity index (χ4v) is 2.37. The van der Waals surface area contributed by atoms with Gasteiger partial charge in [0.15, 0.2) is 0 Å². The first kappa shape index (κ1) is 14.9. The summed E-state index contributed by atoms with van der Waals surface area (Å²) in [4.78, 5) is 26.8. The molecule has 2 rings (SSSR count). The number of hydrogen-bond donors (Lipinski definition) is 2. The topological polar surface area (TPSA) is 79.3 Å². The van der Waals surface area contributed by atoms with Gasteiger partial charge in [0.05, 0.1) is 12.7 Å². The van der Waals surface area contributed by atoms with Gasteiger partial charge in [-0.05, 0) is 35.2 Å². The Balaban J connectivity index is 2.00. The number of nitrogens with one attached hydrogen (secondary N) is 1. The number of hydrogen-bond acceptors (Lipinski definition) is 4. The van der Waals surface area contributed by atoms with Crippen molar-refractivity contribution in [1.82, 2.24) is 10.3 Å². The second-order valence-electron chi connectivity index (χ2n) is 4.02. The van der Waals surface area contributed by atoms with Gasteiger partial charge in [0.2, 0.25) is 0 Å². The van der Waals surface area contributed by atoms with E-state index in [0.29, 0.717) is 0 Å². The molecule has 0 radical (unpaired) electrons. The maximum absolute atomic E-state index is 12.7. The van der Waals surface area contributed by atoms with E-state index in [-0.39, 0.29) is 12.2 Å². The number of carboxylic acids is 1. The number of carbonyl (C=O) groups is 2. The van der Waals surface area contributed by atoms with Crippen LogP contribution in [0.1, 0.15) is 20.9 Å². The molecule has 7 heteroatoms. The predicted molar refractivity (Wildman–Crippen MR) is 76.4 cm³/mol. The Kier molecular flexibility index (Phi) is 4.78. The van der Waals surface area contributed by atoms with E-state index in [4.69, 9.17) is 5.11 Å². The van der Waals surface area contributed by atoms with Crippen LogP contribution in [0.15, 0.2) is 35.9 Å². The number of carboxylic acid groups (broad SMARTS) is 1. The molecule has 0 spiro atoms. The molecule has 1 amide bonds. The highest BCUT2D eigenvalue weighted by atomic mass is 32.1. The molecule has 108 valence electrons. The molecular weight excluding hydrogens is 295 g/mol. The molecule has 0 fully saturated rings. The molecule has 0 bridgehead atoms. The summed E-state index contributed by atoms with van der Waals surface area (Å²) in [6.45, 7) is 0.245. The van der Waals surface area contributed by atoms with E-state index in [1.54, 1.807) is 11.4 Å². The number of thiophene rings is 1. The van der Waals surface area contributed by atoms with E-state index in [1.807, 2.05) is 0 Å². The molecule has 2 aromatic heterocycles. The van der Waals surface area contributed by atoms with Gasteiger partial charge in [-0.25, -0.2) is 14.2 Å². The van der Waals surface area contributed by atoms with E-state index in [9.17, 15) is 14.0 Å². The van der Waals surface area contributed by atoms with Gasteiger partial charge in [-0.3, -0.25) is 4.79 Å². The highest BCUT2D eigenvalue weighted by Gasteiger charge is 2.09. The van der Waals surface area contributed by atoms with Gasteiger partial charge in [-0.2, -0.15) is 0 Å². The van der Waals surface area contributed by atoms with Crippen LogP contribution in [-0.4, -0.2) is 22.0 Å². The number of aromatic nitrogens is 1. The molecule has 0 unspecified atom stereocenters. The Labute approximate surface area is 123 Å². The smallest absolute Gasteiger partial charge is 0.328 e. The van der Waals surface area contributed by atoms with Crippen molar-refractivity contribution in [3.8, 4) is 0 Å². The molecule has 0 aliphatic rings. The van der Waals surface area contributed by atoms with Crippen molar-refractivity contribution >= 4 is 29.3 Å². The lowest BCUT2D eigenvalue weighted by atomic mass is 10.2. The van der Waals surface area contributed by atoms with E-state index >= 15 is 0 Å². The second kappa shape index (κ2) is 6.76. The zero-order valence-electron chi connectivity index (χ0n) is 10.7. The van der Waals surface area contributed by atoms with Gasteiger partial charge in [-0.1, -0.05) is 0 Å². The van der Waals surface area contributed by atoms with Crippen molar-refractivity contribution in [2.75, 3.05) is 0 Å². The Hall–Kier alpha value is -2.54. The third kappa shape index (κ3) is 4.22. The highest BCUT2D eigenvalue weighted by molar-refractivity contribution is 7.10. The van der Waals surface area contributed by atoms with Crippen LogP contribution in [0.2, 0.25) is 0 Å². The summed E-state index contributed by atoms with van der Waals surface area (Å²) in [6, 6.07) is 4.22. The van der Waals surface area contributed by atoms with E-state index < -0.39 is 17.7 Å². The molecule has 0 aliphatic carbocycles. The Morgan fingerprint density at radius 3 is 2.86 bits per heavy atom. The van der Waals surface area contributed by atoms with Crippen molar-refractivity contribution in [3.63, 3.8) is 0 Å². The normalized spacial score (nSPS) is 10.7. The van der Waals surface area contributed by atoms with Crippen molar-refractivity contribution in [3.05, 3.63) is 57.8 Å². The van der Waals surface area contributed by atoms with Crippen LogP contribution in [0.4, 0.5) is 4.39 Å². The lowest BCUT2D eigenvalue weighted by Gasteiger charge is -2.04. The molecule has 2 heterocycles. The first-order valence-electron chi connectivity index (χ1n) is 5.93. The maximum Gasteiger partial charge on any atom is 0.328 e. The molecule has 0 aliphatic heterocycles. The minimum Gasteiger partial charge on any atom is -0.478 e. The molecule has 0 atom stereocenters. The Morgan fingerprint density at radius 1 is 1.38 bits per heavy atom. The summed E-state index contributed by atoms with van der Waals surface area (Å²) in [6.07, 6.45) is 3.48. The quantitative estimate of drug-likeness (QED) is 0.831. The van der Waals surface area contributed by atoms with Crippen LogP contribution >= 0.6 is 11.3 Å². The Bertz CT molecular complexity index is 680. The summed E-state index contributed by atoms with van der Waals surface area (Å²) in [5.41, 5.74) is 0.852. The monoisotopic (exact) mass is 306 g/mol. The summed E-state index contributed by atoms with van der Waals surface area (Å²) in [5.74, 6) is -1.96. The fraction of sp³-hybridized carbons (Fsp3) is 0.0714. The van der Waals surface area contributed by atoms with E-state index in [0.717, 1.165) is 28.8 Å². The number of nitrogens with zero attached hydrogens (tertiary/aromatic N) is 1. The highest BCUT2D eigenvalue weighted by Crippen LogP contribution is 2.18. The van der Waals surface area contributed by atoms with E-state index in [2.05, 4.69) is 10.3 Å². The summed E-state index contributed by atoms with van der Waals surface area (Å²) < 4.78 is 12.7. The standard InChI is InChI=1S/C14H11FN2O3S/c15-10-2-3-11(16-7-10)14(20)17-8-12-9(5-6-21-12)1-4-13(18)19/h1-7H,8H2,(H,17,20)(H,18,19)/b4-1+. The van der Waals surface area contributed by atoms with Crippen molar-refractivity contribution in [2.45, 2.75) is 6.54 Å². The van der Waals surface area contributed by atoms with Crippen LogP contribution < -0.4 is 5.32 Å². The second-order valence-corrected chi connectivity index (χ2v) is 5.02. The van der Waals surface area contributed by atoms with Crippen LogP contribution in [0.3, 0.4) is 0 Å². The number of carbonyl (C=O) groups excluding carboxylic acids is 1. The minimum atomic E-state index is -1.04. The van der Waals surface area contributed by atoms with Crippen LogP contribution in [0, 0.1) is 5.82 Å². The number of aliphatic carboxylic acids is 1. The number of pyridine rings is 1. The molecule has 2 aromatic rings. The minimum absolute atomic E-state index is 0.121. The van der Waals surface area contributed by atoms with Gasteiger partial charge < -0.3 is 10.4 Å². The lowest BCUT2D eigenvalue weighted by Crippen LogP contribution is -2.23. The molecule has 0 saturated heterocycles. The average molecular weight is 306 g/mol. The summed E-state index contributed by atoms with van der Waals surface area (Å²) in [7, 11) is 0. The van der Waals surface area contributed by atoms with E-state index in [1.165, 1.54) is 23.5 Å². The van der Waals surface area contributed by atoms with Crippen molar-refractivity contribution in [1.29, 1.82) is 0 Å². The molecule has 0 saturated carbocycles. The molecule has 21 heavy (non-hydrogen) atoms. The third-order valence-electron chi connectivity index (χ3n) is 2.55. The summed E-state index contributed by atoms with van der Waals surface area (Å²) >= 11 is 1.40. The molecule has 2 N–H and O–H groups in total.